The molecule has 7 nitrogen and oxygen atoms in total. The van der Waals surface area contributed by atoms with Gasteiger partial charge in [-0.15, -0.1) is 24.0 Å². The lowest BCUT2D eigenvalue weighted by Crippen LogP contribution is -2.39. The van der Waals surface area contributed by atoms with Crippen LogP contribution in [-0.2, 0) is 6.42 Å². The van der Waals surface area contributed by atoms with E-state index >= 15 is 0 Å². The van der Waals surface area contributed by atoms with Crippen molar-refractivity contribution in [3.63, 3.8) is 0 Å². The number of hydrogen-bond donors (Lipinski definition) is 2. The van der Waals surface area contributed by atoms with Crippen LogP contribution in [-0.4, -0.2) is 54.0 Å². The lowest BCUT2D eigenvalue weighted by atomic mass is 10.1. The molecular weight excluding hydrogens is 497 g/mol. The number of guanidine groups is 1. The average molecular weight is 529 g/mol. The summed E-state index contributed by atoms with van der Waals surface area (Å²) in [5, 5.41) is 6.61. The van der Waals surface area contributed by atoms with E-state index in [4.69, 9.17) is 18.9 Å². The minimum atomic E-state index is 0. The number of methoxy groups -OCH3 is 3. The number of ether oxygens (including phenoxy) is 4. The van der Waals surface area contributed by atoms with Crippen molar-refractivity contribution >= 4 is 29.9 Å². The molecule has 0 bridgehead atoms. The first-order chi connectivity index (χ1) is 14.2. The fourth-order valence-corrected chi connectivity index (χ4v) is 2.74. The van der Waals surface area contributed by atoms with Crippen molar-refractivity contribution in [1.29, 1.82) is 0 Å². The third-order valence-electron chi connectivity index (χ3n) is 4.30. The second-order valence-corrected chi connectivity index (χ2v) is 6.25. The maximum atomic E-state index is 5.74. The van der Waals surface area contributed by atoms with E-state index in [9.17, 15) is 0 Å². The topological polar surface area (TPSA) is 73.3 Å². The summed E-state index contributed by atoms with van der Waals surface area (Å²) in [4.78, 5) is 4.25. The third-order valence-corrected chi connectivity index (χ3v) is 4.30. The van der Waals surface area contributed by atoms with Crippen LogP contribution in [0.4, 0.5) is 0 Å². The quantitative estimate of drug-likeness (QED) is 0.201. The predicted molar refractivity (Wildman–Crippen MR) is 131 cm³/mol. The Kier molecular flexibility index (Phi) is 12.5. The lowest BCUT2D eigenvalue weighted by molar-refractivity contribution is 0.308. The molecule has 0 heterocycles. The number of hydrogen-bond acceptors (Lipinski definition) is 5. The molecule has 0 radical (unpaired) electrons. The van der Waals surface area contributed by atoms with Gasteiger partial charge >= 0.3 is 0 Å². The molecule has 0 amide bonds. The van der Waals surface area contributed by atoms with Gasteiger partial charge in [0, 0.05) is 26.2 Å². The summed E-state index contributed by atoms with van der Waals surface area (Å²) in [6.07, 6.45) is 1.70. The van der Waals surface area contributed by atoms with Gasteiger partial charge in [0.15, 0.2) is 17.5 Å². The molecule has 0 aromatic heterocycles. The second-order valence-electron chi connectivity index (χ2n) is 6.25. The van der Waals surface area contributed by atoms with Crippen LogP contribution in [0.15, 0.2) is 47.5 Å². The van der Waals surface area contributed by atoms with Gasteiger partial charge in [-0.3, -0.25) is 4.99 Å². The van der Waals surface area contributed by atoms with E-state index in [-0.39, 0.29) is 24.0 Å². The SMILES string of the molecule is CN=C(NCCCOc1cccc(OC)c1)NCCc1ccc(OC)c(OC)c1.I. The standard InChI is InChI=1S/C22H31N3O4.HI/c1-23-22(24-12-6-14-29-19-8-5-7-18(16-19)26-2)25-13-11-17-9-10-20(27-3)21(15-17)28-4;/h5,7-10,15-16H,6,11-14H2,1-4H3,(H2,23,24,25);1H. The molecule has 0 aliphatic rings. The van der Waals surface area contributed by atoms with E-state index in [2.05, 4.69) is 15.6 Å². The molecule has 0 fully saturated rings. The van der Waals surface area contributed by atoms with Gasteiger partial charge in [-0.25, -0.2) is 0 Å². The number of nitrogens with zero attached hydrogens (tertiary/aromatic N) is 1. The fraction of sp³-hybridized carbons (Fsp3) is 0.409. The van der Waals surface area contributed by atoms with Crippen molar-refractivity contribution in [3.05, 3.63) is 48.0 Å². The van der Waals surface area contributed by atoms with Gasteiger partial charge in [0.25, 0.3) is 0 Å². The van der Waals surface area contributed by atoms with Crippen molar-refractivity contribution in [1.82, 2.24) is 10.6 Å². The lowest BCUT2D eigenvalue weighted by Gasteiger charge is -2.13. The third kappa shape index (κ3) is 8.56. The molecule has 0 spiro atoms. The van der Waals surface area contributed by atoms with Crippen LogP contribution in [0.25, 0.3) is 0 Å². The Balaban J connectivity index is 0.00000450. The largest absolute Gasteiger partial charge is 0.497 e. The molecule has 0 atom stereocenters. The van der Waals surface area contributed by atoms with E-state index in [0.717, 1.165) is 60.5 Å². The first kappa shape index (κ1) is 25.7. The van der Waals surface area contributed by atoms with Gasteiger partial charge in [-0.1, -0.05) is 12.1 Å². The summed E-state index contributed by atoms with van der Waals surface area (Å²) in [7, 11) is 6.69. The average Bonchev–Trinajstić information content (AvgIpc) is 2.77. The molecule has 166 valence electrons. The molecule has 0 aliphatic carbocycles. The summed E-state index contributed by atoms with van der Waals surface area (Å²) in [6, 6.07) is 13.6. The highest BCUT2D eigenvalue weighted by Gasteiger charge is 2.05. The number of halogens is 1. The van der Waals surface area contributed by atoms with Gasteiger partial charge in [-0.2, -0.15) is 0 Å². The number of aliphatic imine (C=N–C) groups is 1. The second kappa shape index (κ2) is 14.6. The maximum absolute atomic E-state index is 5.74. The van der Waals surface area contributed by atoms with E-state index in [1.807, 2.05) is 42.5 Å². The molecule has 2 aromatic carbocycles. The van der Waals surface area contributed by atoms with Crippen LogP contribution in [0.2, 0.25) is 0 Å². The molecule has 30 heavy (non-hydrogen) atoms. The summed E-state index contributed by atoms with van der Waals surface area (Å²) >= 11 is 0. The van der Waals surface area contributed by atoms with Crippen molar-refractivity contribution in [2.75, 3.05) is 48.1 Å². The zero-order chi connectivity index (χ0) is 20.9. The first-order valence-corrected chi connectivity index (χ1v) is 9.62. The van der Waals surface area contributed by atoms with Crippen molar-refractivity contribution in [3.8, 4) is 23.0 Å². The molecule has 2 N–H and O–H groups in total. The van der Waals surface area contributed by atoms with Gasteiger partial charge in [-0.05, 0) is 42.7 Å². The van der Waals surface area contributed by atoms with Crippen molar-refractivity contribution < 1.29 is 18.9 Å². The molecule has 0 saturated heterocycles. The first-order valence-electron chi connectivity index (χ1n) is 9.62. The Morgan fingerprint density at radius 2 is 1.60 bits per heavy atom. The highest BCUT2D eigenvalue weighted by atomic mass is 127. The summed E-state index contributed by atoms with van der Waals surface area (Å²) in [6.45, 7) is 2.14. The molecule has 8 heteroatoms. The van der Waals surface area contributed by atoms with Crippen LogP contribution in [0.3, 0.4) is 0 Å². The van der Waals surface area contributed by atoms with E-state index in [0.29, 0.717) is 6.61 Å². The summed E-state index contributed by atoms with van der Waals surface area (Å²) in [5.74, 6) is 3.84. The van der Waals surface area contributed by atoms with Crippen LogP contribution in [0, 0.1) is 0 Å². The van der Waals surface area contributed by atoms with E-state index < -0.39 is 0 Å². The molecule has 0 saturated carbocycles. The summed E-state index contributed by atoms with van der Waals surface area (Å²) < 4.78 is 21.5. The molecule has 2 rings (SSSR count). The molecule has 0 aliphatic heterocycles. The maximum Gasteiger partial charge on any atom is 0.190 e. The Morgan fingerprint density at radius 3 is 2.30 bits per heavy atom. The van der Waals surface area contributed by atoms with Crippen molar-refractivity contribution in [2.45, 2.75) is 12.8 Å². The van der Waals surface area contributed by atoms with Gasteiger partial charge in [0.2, 0.25) is 0 Å². The summed E-state index contributed by atoms with van der Waals surface area (Å²) in [5.41, 5.74) is 1.16. The van der Waals surface area contributed by atoms with Gasteiger partial charge in [0.05, 0.1) is 27.9 Å². The number of nitrogens with one attached hydrogen (secondary N) is 2. The molecule has 0 unspecified atom stereocenters. The molecular formula is C22H32IN3O4. The Labute approximate surface area is 196 Å². The minimum Gasteiger partial charge on any atom is -0.497 e. The Bertz CT molecular complexity index is 787. The van der Waals surface area contributed by atoms with Crippen LogP contribution >= 0.6 is 24.0 Å². The fourth-order valence-electron chi connectivity index (χ4n) is 2.74. The highest BCUT2D eigenvalue weighted by molar-refractivity contribution is 14.0. The van der Waals surface area contributed by atoms with Crippen LogP contribution in [0.1, 0.15) is 12.0 Å². The zero-order valence-corrected chi connectivity index (χ0v) is 20.4. The smallest absolute Gasteiger partial charge is 0.190 e. The zero-order valence-electron chi connectivity index (χ0n) is 18.1. The van der Waals surface area contributed by atoms with E-state index in [1.54, 1.807) is 28.4 Å². The van der Waals surface area contributed by atoms with Crippen molar-refractivity contribution in [2.24, 2.45) is 4.99 Å². The Hall–Kier alpha value is -2.36. The molecule has 2 aromatic rings. The number of rotatable bonds is 11. The van der Waals surface area contributed by atoms with Crippen LogP contribution < -0.4 is 29.6 Å². The van der Waals surface area contributed by atoms with Gasteiger partial charge in [0.1, 0.15) is 11.5 Å². The minimum absolute atomic E-state index is 0. The van der Waals surface area contributed by atoms with Gasteiger partial charge < -0.3 is 29.6 Å². The normalized spacial score (nSPS) is 10.6. The van der Waals surface area contributed by atoms with E-state index in [1.165, 1.54) is 0 Å². The number of benzene rings is 2. The predicted octanol–water partition coefficient (Wildman–Crippen LogP) is 3.51. The highest BCUT2D eigenvalue weighted by Crippen LogP contribution is 2.27. The Morgan fingerprint density at radius 1 is 0.867 bits per heavy atom. The van der Waals surface area contributed by atoms with Crippen LogP contribution in [0.5, 0.6) is 23.0 Å². The monoisotopic (exact) mass is 529 g/mol.